The number of aromatic hydroxyl groups is 1. The lowest BCUT2D eigenvalue weighted by Crippen LogP contribution is -2.27. The van der Waals surface area contributed by atoms with E-state index in [4.69, 9.17) is 11.6 Å². The van der Waals surface area contributed by atoms with E-state index in [1.807, 2.05) is 13.8 Å². The molecule has 0 aliphatic heterocycles. The van der Waals surface area contributed by atoms with E-state index < -0.39 is 0 Å². The van der Waals surface area contributed by atoms with E-state index in [2.05, 4.69) is 15.5 Å². The van der Waals surface area contributed by atoms with Gasteiger partial charge >= 0.3 is 0 Å². The van der Waals surface area contributed by atoms with Gasteiger partial charge in [0.15, 0.2) is 0 Å². The van der Waals surface area contributed by atoms with Gasteiger partial charge < -0.3 is 10.4 Å². The Bertz CT molecular complexity index is 633. The maximum atomic E-state index is 11.9. The van der Waals surface area contributed by atoms with E-state index in [1.54, 1.807) is 12.1 Å². The largest absolute Gasteiger partial charge is 0.506 e. The van der Waals surface area contributed by atoms with Crippen molar-refractivity contribution in [1.29, 1.82) is 0 Å². The lowest BCUT2D eigenvalue weighted by atomic mass is 10.1. The van der Waals surface area contributed by atoms with Gasteiger partial charge in [-0.2, -0.15) is 5.10 Å². The van der Waals surface area contributed by atoms with Crippen molar-refractivity contribution in [2.24, 2.45) is 0 Å². The summed E-state index contributed by atoms with van der Waals surface area (Å²) in [6, 6.07) is 4.77. The van der Waals surface area contributed by atoms with Crippen molar-refractivity contribution in [2.45, 2.75) is 26.7 Å². The molecule has 0 radical (unpaired) electrons. The Balaban J connectivity index is 1.84. The molecular weight excluding hydrogens is 290 g/mol. The van der Waals surface area contributed by atoms with Gasteiger partial charge in [0.2, 0.25) is 5.91 Å². The molecule has 21 heavy (non-hydrogen) atoms. The van der Waals surface area contributed by atoms with Crippen molar-refractivity contribution < 1.29 is 9.90 Å². The van der Waals surface area contributed by atoms with Crippen molar-refractivity contribution in [2.75, 3.05) is 6.54 Å². The van der Waals surface area contributed by atoms with Gasteiger partial charge in [-0.05, 0) is 43.5 Å². The van der Waals surface area contributed by atoms with E-state index >= 15 is 0 Å². The molecule has 3 N–H and O–H groups in total. The molecule has 112 valence electrons. The molecule has 2 rings (SSSR count). The molecule has 0 spiro atoms. The number of aromatic amines is 1. The van der Waals surface area contributed by atoms with E-state index in [9.17, 15) is 9.90 Å². The maximum Gasteiger partial charge on any atom is 0.224 e. The zero-order valence-electron chi connectivity index (χ0n) is 12.0. The first kappa shape index (κ1) is 15.4. The molecule has 1 aromatic heterocycles. The van der Waals surface area contributed by atoms with Crippen LogP contribution in [-0.2, 0) is 17.6 Å². The number of amides is 1. The van der Waals surface area contributed by atoms with Crippen LogP contribution in [0.3, 0.4) is 0 Å². The number of aromatic nitrogens is 2. The highest BCUT2D eigenvalue weighted by Crippen LogP contribution is 2.23. The SMILES string of the molecule is Cc1n[nH]c(C)c1CCNC(=O)Cc1ccc(O)c(Cl)c1. The third-order valence-corrected chi connectivity index (χ3v) is 3.66. The van der Waals surface area contributed by atoms with Crippen molar-refractivity contribution in [3.05, 3.63) is 45.7 Å². The van der Waals surface area contributed by atoms with Gasteiger partial charge in [0.25, 0.3) is 0 Å². The summed E-state index contributed by atoms with van der Waals surface area (Å²) < 4.78 is 0. The third-order valence-electron chi connectivity index (χ3n) is 3.35. The number of hydrogen-bond acceptors (Lipinski definition) is 3. The van der Waals surface area contributed by atoms with Crippen LogP contribution in [0.1, 0.15) is 22.5 Å². The van der Waals surface area contributed by atoms with Crippen LogP contribution in [0.15, 0.2) is 18.2 Å². The molecule has 0 aliphatic carbocycles. The van der Waals surface area contributed by atoms with Crippen LogP contribution >= 0.6 is 11.6 Å². The normalized spacial score (nSPS) is 10.6. The monoisotopic (exact) mass is 307 g/mol. The second-order valence-electron chi connectivity index (χ2n) is 4.98. The topological polar surface area (TPSA) is 78.0 Å². The molecule has 5 nitrogen and oxygen atoms in total. The fraction of sp³-hybridized carbons (Fsp3) is 0.333. The second-order valence-corrected chi connectivity index (χ2v) is 5.38. The first-order valence-corrected chi connectivity index (χ1v) is 7.09. The Hall–Kier alpha value is -2.01. The number of carbonyl (C=O) groups is 1. The van der Waals surface area contributed by atoms with Crippen LogP contribution in [0.2, 0.25) is 5.02 Å². The molecule has 1 amide bonds. The Morgan fingerprint density at radius 1 is 1.43 bits per heavy atom. The first-order chi connectivity index (χ1) is 9.97. The van der Waals surface area contributed by atoms with Crippen molar-refractivity contribution >= 4 is 17.5 Å². The van der Waals surface area contributed by atoms with Gasteiger partial charge in [0, 0.05) is 12.2 Å². The number of carbonyl (C=O) groups excluding carboxylic acids is 1. The van der Waals surface area contributed by atoms with Gasteiger partial charge in [0.05, 0.1) is 17.1 Å². The Labute approximate surface area is 128 Å². The number of phenols is 1. The fourth-order valence-corrected chi connectivity index (χ4v) is 2.38. The summed E-state index contributed by atoms with van der Waals surface area (Å²) in [5.41, 5.74) is 3.91. The van der Waals surface area contributed by atoms with Gasteiger partial charge in [-0.25, -0.2) is 0 Å². The van der Waals surface area contributed by atoms with E-state index in [1.165, 1.54) is 6.07 Å². The highest BCUT2D eigenvalue weighted by Gasteiger charge is 2.08. The molecule has 0 atom stereocenters. The lowest BCUT2D eigenvalue weighted by molar-refractivity contribution is -0.120. The number of aryl methyl sites for hydroxylation is 2. The number of nitrogens with one attached hydrogen (secondary N) is 2. The second kappa shape index (κ2) is 6.63. The quantitative estimate of drug-likeness (QED) is 0.793. The molecule has 2 aromatic rings. The van der Waals surface area contributed by atoms with Crippen molar-refractivity contribution in [1.82, 2.24) is 15.5 Å². The van der Waals surface area contributed by atoms with Gasteiger partial charge in [-0.1, -0.05) is 17.7 Å². The summed E-state index contributed by atoms with van der Waals surface area (Å²) in [5.74, 6) is -0.0534. The molecule has 1 aromatic carbocycles. The van der Waals surface area contributed by atoms with E-state index in [0.717, 1.165) is 28.9 Å². The number of benzene rings is 1. The van der Waals surface area contributed by atoms with Crippen molar-refractivity contribution in [3.63, 3.8) is 0 Å². The summed E-state index contributed by atoms with van der Waals surface area (Å²) in [6.07, 6.45) is 0.986. The van der Waals surface area contributed by atoms with E-state index in [0.29, 0.717) is 6.54 Å². The molecule has 0 unspecified atom stereocenters. The van der Waals surface area contributed by atoms with Gasteiger partial charge in [0.1, 0.15) is 5.75 Å². The first-order valence-electron chi connectivity index (χ1n) is 6.72. The minimum absolute atomic E-state index is 0.0201. The predicted octanol–water partition coefficient (Wildman–Crippen LogP) is 2.29. The van der Waals surface area contributed by atoms with Crippen molar-refractivity contribution in [3.8, 4) is 5.75 Å². The number of nitrogens with zero attached hydrogens (tertiary/aromatic N) is 1. The smallest absolute Gasteiger partial charge is 0.224 e. The molecule has 6 heteroatoms. The lowest BCUT2D eigenvalue weighted by Gasteiger charge is -2.06. The van der Waals surface area contributed by atoms with Crippen LogP contribution in [0.4, 0.5) is 0 Å². The predicted molar refractivity (Wildman–Crippen MR) is 81.6 cm³/mol. The molecule has 1 heterocycles. The highest BCUT2D eigenvalue weighted by molar-refractivity contribution is 6.32. The zero-order chi connectivity index (χ0) is 15.4. The number of hydrogen-bond donors (Lipinski definition) is 3. The molecule has 0 saturated heterocycles. The Kier molecular flexibility index (Phi) is 4.85. The average Bonchev–Trinajstić information content (AvgIpc) is 2.74. The zero-order valence-corrected chi connectivity index (χ0v) is 12.8. The molecule has 0 aliphatic rings. The minimum atomic E-state index is -0.0736. The highest BCUT2D eigenvalue weighted by atomic mass is 35.5. The molecule has 0 saturated carbocycles. The van der Waals surface area contributed by atoms with Crippen LogP contribution in [0, 0.1) is 13.8 Å². The number of H-pyrrole nitrogens is 1. The fourth-order valence-electron chi connectivity index (χ4n) is 2.18. The van der Waals surface area contributed by atoms with Crippen LogP contribution in [-0.4, -0.2) is 27.8 Å². The minimum Gasteiger partial charge on any atom is -0.506 e. The maximum absolute atomic E-state index is 11.9. The molecule has 0 fully saturated rings. The molecule has 0 bridgehead atoms. The summed E-state index contributed by atoms with van der Waals surface area (Å²) in [6.45, 7) is 4.47. The summed E-state index contributed by atoms with van der Waals surface area (Å²) in [7, 11) is 0. The molecular formula is C15H18ClN3O2. The van der Waals surface area contributed by atoms with Gasteiger partial charge in [-0.15, -0.1) is 0 Å². The van der Waals surface area contributed by atoms with Crippen LogP contribution in [0.25, 0.3) is 0 Å². The summed E-state index contributed by atoms with van der Waals surface area (Å²) in [4.78, 5) is 11.9. The standard InChI is InChI=1S/C15H18ClN3O2/c1-9-12(10(2)19-18-9)5-6-17-15(21)8-11-3-4-14(20)13(16)7-11/h3-4,7,20H,5-6,8H2,1-2H3,(H,17,21)(H,18,19). The number of rotatable bonds is 5. The third kappa shape index (κ3) is 3.98. The summed E-state index contributed by atoms with van der Waals surface area (Å²) >= 11 is 5.81. The Morgan fingerprint density at radius 3 is 2.81 bits per heavy atom. The van der Waals surface area contributed by atoms with E-state index in [-0.39, 0.29) is 23.1 Å². The average molecular weight is 308 g/mol. The van der Waals surface area contributed by atoms with Crippen LogP contribution < -0.4 is 5.32 Å². The number of phenolic OH excluding ortho intramolecular Hbond substituents is 1. The Morgan fingerprint density at radius 2 is 2.19 bits per heavy atom. The number of halogens is 1. The summed E-state index contributed by atoms with van der Waals surface area (Å²) in [5, 5.41) is 19.5. The van der Waals surface area contributed by atoms with Gasteiger partial charge in [-0.3, -0.25) is 9.89 Å². The van der Waals surface area contributed by atoms with Crippen LogP contribution in [0.5, 0.6) is 5.75 Å².